The quantitative estimate of drug-likeness (QED) is 0.858. The molecule has 0 saturated heterocycles. The lowest BCUT2D eigenvalue weighted by Crippen LogP contribution is -2.44. The molecule has 0 spiro atoms. The smallest absolute Gasteiger partial charge is 0.232 e. The Bertz CT molecular complexity index is 477. The van der Waals surface area contributed by atoms with Crippen LogP contribution in [0.2, 0.25) is 0 Å². The summed E-state index contributed by atoms with van der Waals surface area (Å²) >= 11 is 0. The zero-order valence-corrected chi connectivity index (χ0v) is 10.0. The number of aromatic nitrogens is 4. The van der Waals surface area contributed by atoms with Crippen LogP contribution in [-0.4, -0.2) is 20.3 Å². The lowest BCUT2D eigenvalue weighted by Gasteiger charge is -2.34. The van der Waals surface area contributed by atoms with Gasteiger partial charge in [0.05, 0.1) is 12.0 Å². The van der Waals surface area contributed by atoms with Gasteiger partial charge in [0.1, 0.15) is 0 Å². The summed E-state index contributed by atoms with van der Waals surface area (Å²) in [5, 5.41) is 10.7. The Kier molecular flexibility index (Phi) is 3.17. The Morgan fingerprint density at radius 1 is 1.47 bits per heavy atom. The highest BCUT2D eigenvalue weighted by molar-refractivity contribution is 5.85. The first-order valence-electron chi connectivity index (χ1n) is 5.36. The Labute approximate surface area is 104 Å². The molecule has 2 aromatic rings. The maximum absolute atomic E-state index is 6.11. The van der Waals surface area contributed by atoms with E-state index in [1.54, 1.807) is 6.20 Å². The van der Waals surface area contributed by atoms with Crippen molar-refractivity contribution >= 4 is 12.4 Å². The van der Waals surface area contributed by atoms with Gasteiger partial charge >= 0.3 is 0 Å². The molecule has 0 aliphatic heterocycles. The van der Waals surface area contributed by atoms with Crippen molar-refractivity contribution in [3.05, 3.63) is 29.7 Å². The molecule has 3 N–H and O–H groups in total. The molecule has 0 aromatic carbocycles. The molecular weight excluding hydrogens is 242 g/mol. The van der Waals surface area contributed by atoms with Crippen LogP contribution in [0.4, 0.5) is 0 Å². The largest absolute Gasteiger partial charge is 0.339 e. The zero-order valence-electron chi connectivity index (χ0n) is 9.22. The molecule has 1 saturated carbocycles. The fraction of sp³-hybridized carbons (Fsp3) is 0.500. The monoisotopic (exact) mass is 255 g/mol. The molecule has 0 amide bonds. The fourth-order valence-corrected chi connectivity index (χ4v) is 1.86. The standard InChI is InChI=1S/C10H13N5O.ClH/c11-10(3-1-4-10)9-13-8(16-15-9)6-7-2-5-12-14-7;/h2,5H,1,3-4,6,11H2,(H,12,14);1H. The van der Waals surface area contributed by atoms with E-state index in [0.717, 1.165) is 25.0 Å². The minimum atomic E-state index is -0.351. The van der Waals surface area contributed by atoms with Crippen LogP contribution in [0.3, 0.4) is 0 Å². The van der Waals surface area contributed by atoms with E-state index >= 15 is 0 Å². The number of H-pyrrole nitrogens is 1. The van der Waals surface area contributed by atoms with E-state index in [-0.39, 0.29) is 17.9 Å². The Hall–Kier alpha value is -1.40. The second-order valence-electron chi connectivity index (χ2n) is 4.28. The number of nitrogens with two attached hydrogens (primary N) is 1. The maximum atomic E-state index is 6.11. The molecule has 7 heteroatoms. The van der Waals surface area contributed by atoms with Gasteiger partial charge in [-0.15, -0.1) is 12.4 Å². The van der Waals surface area contributed by atoms with Crippen molar-refractivity contribution in [2.24, 2.45) is 5.73 Å². The average molecular weight is 256 g/mol. The minimum Gasteiger partial charge on any atom is -0.339 e. The van der Waals surface area contributed by atoms with Crippen molar-refractivity contribution in [2.75, 3.05) is 0 Å². The molecule has 92 valence electrons. The highest BCUT2D eigenvalue weighted by Crippen LogP contribution is 2.36. The summed E-state index contributed by atoms with van der Waals surface area (Å²) in [7, 11) is 0. The molecule has 0 atom stereocenters. The van der Waals surface area contributed by atoms with E-state index in [0.29, 0.717) is 18.1 Å². The third-order valence-electron chi connectivity index (χ3n) is 3.06. The van der Waals surface area contributed by atoms with Crippen molar-refractivity contribution in [1.82, 2.24) is 20.3 Å². The lowest BCUT2D eigenvalue weighted by atomic mass is 9.77. The summed E-state index contributed by atoms with van der Waals surface area (Å²) in [4.78, 5) is 4.33. The van der Waals surface area contributed by atoms with Gasteiger partial charge in [0.25, 0.3) is 0 Å². The number of nitrogens with one attached hydrogen (secondary N) is 1. The maximum Gasteiger partial charge on any atom is 0.232 e. The van der Waals surface area contributed by atoms with Gasteiger partial charge in [0.2, 0.25) is 5.89 Å². The Morgan fingerprint density at radius 3 is 2.88 bits per heavy atom. The van der Waals surface area contributed by atoms with Crippen molar-refractivity contribution in [3.63, 3.8) is 0 Å². The molecule has 1 aliphatic carbocycles. The molecule has 1 fully saturated rings. The number of hydrogen-bond donors (Lipinski definition) is 2. The van der Waals surface area contributed by atoms with Crippen LogP contribution in [0.5, 0.6) is 0 Å². The van der Waals surface area contributed by atoms with Gasteiger partial charge in [-0.2, -0.15) is 10.1 Å². The summed E-state index contributed by atoms with van der Waals surface area (Å²) in [6.45, 7) is 0. The normalized spacial score (nSPS) is 17.2. The molecule has 6 nitrogen and oxygen atoms in total. The SMILES string of the molecule is Cl.NC1(c2noc(Cc3ccn[nH]3)n2)CCC1. The van der Waals surface area contributed by atoms with Crippen LogP contribution in [0.25, 0.3) is 0 Å². The third kappa shape index (κ3) is 2.18. The van der Waals surface area contributed by atoms with Gasteiger partial charge < -0.3 is 10.3 Å². The second-order valence-corrected chi connectivity index (χ2v) is 4.28. The number of nitrogens with zero attached hydrogens (tertiary/aromatic N) is 3. The summed E-state index contributed by atoms with van der Waals surface area (Å²) in [5.41, 5.74) is 6.71. The second kappa shape index (κ2) is 4.46. The van der Waals surface area contributed by atoms with E-state index in [1.165, 1.54) is 0 Å². The Morgan fingerprint density at radius 2 is 2.29 bits per heavy atom. The number of halogens is 1. The van der Waals surface area contributed by atoms with Gasteiger partial charge in [0.15, 0.2) is 5.82 Å². The Balaban J connectivity index is 0.00000108. The molecule has 17 heavy (non-hydrogen) atoms. The molecule has 2 aromatic heterocycles. The molecule has 2 heterocycles. The van der Waals surface area contributed by atoms with E-state index in [4.69, 9.17) is 10.3 Å². The van der Waals surface area contributed by atoms with Crippen molar-refractivity contribution in [1.29, 1.82) is 0 Å². The highest BCUT2D eigenvalue weighted by atomic mass is 35.5. The van der Waals surface area contributed by atoms with E-state index in [1.807, 2.05) is 6.07 Å². The predicted octanol–water partition coefficient (Wildman–Crippen LogP) is 1.14. The van der Waals surface area contributed by atoms with Gasteiger partial charge in [-0.1, -0.05) is 5.16 Å². The van der Waals surface area contributed by atoms with Gasteiger partial charge in [-0.25, -0.2) is 0 Å². The minimum absolute atomic E-state index is 0. The lowest BCUT2D eigenvalue weighted by molar-refractivity contribution is 0.229. The number of rotatable bonds is 3. The van der Waals surface area contributed by atoms with Crippen LogP contribution in [0, 0.1) is 0 Å². The van der Waals surface area contributed by atoms with Crippen LogP contribution in [0.1, 0.15) is 36.7 Å². The zero-order chi connectivity index (χ0) is 11.0. The summed E-state index contributed by atoms with van der Waals surface area (Å²) < 4.78 is 5.17. The summed E-state index contributed by atoms with van der Waals surface area (Å²) in [6.07, 6.45) is 5.29. The molecule has 1 aliphatic rings. The number of aromatic amines is 1. The molecule has 0 radical (unpaired) electrons. The molecule has 0 bridgehead atoms. The average Bonchev–Trinajstić information content (AvgIpc) is 2.86. The fourth-order valence-electron chi connectivity index (χ4n) is 1.86. The summed E-state index contributed by atoms with van der Waals surface area (Å²) in [6, 6.07) is 1.88. The van der Waals surface area contributed by atoms with Crippen LogP contribution < -0.4 is 5.73 Å². The highest BCUT2D eigenvalue weighted by Gasteiger charge is 2.38. The molecular formula is C10H14ClN5O. The van der Waals surface area contributed by atoms with Crippen molar-refractivity contribution in [3.8, 4) is 0 Å². The van der Waals surface area contributed by atoms with E-state index in [9.17, 15) is 0 Å². The van der Waals surface area contributed by atoms with Gasteiger partial charge in [-0.3, -0.25) is 5.10 Å². The molecule has 0 unspecified atom stereocenters. The number of hydrogen-bond acceptors (Lipinski definition) is 5. The first kappa shape index (κ1) is 12.1. The summed E-state index contributed by atoms with van der Waals surface area (Å²) in [5.74, 6) is 1.21. The topological polar surface area (TPSA) is 93.6 Å². The van der Waals surface area contributed by atoms with Crippen molar-refractivity contribution < 1.29 is 4.52 Å². The molecule has 3 rings (SSSR count). The first-order valence-corrected chi connectivity index (χ1v) is 5.36. The van der Waals surface area contributed by atoms with E-state index < -0.39 is 0 Å². The first-order chi connectivity index (χ1) is 7.76. The van der Waals surface area contributed by atoms with Gasteiger partial charge in [-0.05, 0) is 25.3 Å². The third-order valence-corrected chi connectivity index (χ3v) is 3.06. The van der Waals surface area contributed by atoms with E-state index in [2.05, 4.69) is 20.3 Å². The predicted molar refractivity (Wildman–Crippen MR) is 62.7 cm³/mol. The van der Waals surface area contributed by atoms with Crippen LogP contribution in [-0.2, 0) is 12.0 Å². The van der Waals surface area contributed by atoms with Crippen LogP contribution in [0.15, 0.2) is 16.8 Å². The van der Waals surface area contributed by atoms with Gasteiger partial charge in [0, 0.05) is 11.9 Å². The van der Waals surface area contributed by atoms with Crippen molar-refractivity contribution in [2.45, 2.75) is 31.2 Å². The van der Waals surface area contributed by atoms with Crippen LogP contribution >= 0.6 is 12.4 Å².